The summed E-state index contributed by atoms with van der Waals surface area (Å²) in [7, 11) is -1.98. The largest absolute Gasteiger partial charge is 0.355 e. The fraction of sp³-hybridized carbons (Fsp3) is 0.556. The molecule has 2 aromatic rings. The third-order valence-electron chi connectivity index (χ3n) is 7.48. The lowest BCUT2D eigenvalue weighted by Gasteiger charge is -2.37. The summed E-state index contributed by atoms with van der Waals surface area (Å²) in [6.45, 7) is 6.27. The van der Waals surface area contributed by atoms with Gasteiger partial charge in [0.25, 0.3) is 0 Å². The molecule has 2 fully saturated rings. The Balaban J connectivity index is 1.54. The highest BCUT2D eigenvalue weighted by Gasteiger charge is 2.38. The maximum absolute atomic E-state index is 13.7. The molecule has 0 bridgehead atoms. The quantitative estimate of drug-likeness (QED) is 0.561. The Hall–Kier alpha value is -2.45. The van der Waals surface area contributed by atoms with Crippen molar-refractivity contribution in [1.82, 2.24) is 14.4 Å². The van der Waals surface area contributed by atoms with Gasteiger partial charge in [0.15, 0.2) is 10.7 Å². The molecule has 8 heteroatoms. The normalized spacial score (nSPS) is 20.4. The molecule has 0 unspecified atom stereocenters. The standard InChI is InChI=1S/C27H37N3O4S/c1-19-12-13-20(2)22(17-19)14-15-25-26(21(3)28-34-25)35(32,33)30-16-8-9-23(18-30)27(31)29(4)24-10-6-5-7-11-24/h12-15,17,23-24H,5-11,16,18H2,1-4H3/b15-14+/t23-/m1/s1. The lowest BCUT2D eigenvalue weighted by molar-refractivity contribution is -0.138. The van der Waals surface area contributed by atoms with Gasteiger partial charge in [-0.1, -0.05) is 54.3 Å². The first kappa shape index (κ1) is 25.6. The van der Waals surface area contributed by atoms with Crippen LogP contribution in [0.3, 0.4) is 0 Å². The number of aromatic nitrogens is 1. The van der Waals surface area contributed by atoms with Crippen LogP contribution in [-0.4, -0.2) is 54.9 Å². The average Bonchev–Trinajstić information content (AvgIpc) is 3.25. The Morgan fingerprint density at radius 1 is 1.09 bits per heavy atom. The van der Waals surface area contributed by atoms with Crippen LogP contribution in [0.5, 0.6) is 0 Å². The van der Waals surface area contributed by atoms with Crippen molar-refractivity contribution < 1.29 is 17.7 Å². The summed E-state index contributed by atoms with van der Waals surface area (Å²) in [5.74, 6) is -0.0374. The van der Waals surface area contributed by atoms with Crippen LogP contribution in [0.4, 0.5) is 0 Å². The van der Waals surface area contributed by atoms with Gasteiger partial charge in [-0.25, -0.2) is 8.42 Å². The molecule has 0 N–H and O–H groups in total. The molecule has 2 aliphatic rings. The minimum absolute atomic E-state index is 0.0638. The first-order valence-electron chi connectivity index (χ1n) is 12.7. The van der Waals surface area contributed by atoms with Crippen molar-refractivity contribution in [3.8, 4) is 0 Å². The molecule has 1 aromatic carbocycles. The molecule has 0 spiro atoms. The number of amides is 1. The van der Waals surface area contributed by atoms with Crippen LogP contribution < -0.4 is 0 Å². The minimum atomic E-state index is -3.86. The molecule has 190 valence electrons. The van der Waals surface area contributed by atoms with Gasteiger partial charge in [-0.15, -0.1) is 0 Å². The Kier molecular flexibility index (Phi) is 7.81. The number of nitrogens with zero attached hydrogens (tertiary/aromatic N) is 3. The first-order chi connectivity index (χ1) is 16.7. The van der Waals surface area contributed by atoms with E-state index in [1.807, 2.05) is 50.1 Å². The van der Waals surface area contributed by atoms with Gasteiger partial charge in [-0.2, -0.15) is 4.31 Å². The number of hydrogen-bond donors (Lipinski definition) is 0. The fourth-order valence-electron chi connectivity index (χ4n) is 5.33. The van der Waals surface area contributed by atoms with E-state index >= 15 is 0 Å². The van der Waals surface area contributed by atoms with Crippen LogP contribution in [0.15, 0.2) is 27.6 Å². The van der Waals surface area contributed by atoms with E-state index in [9.17, 15) is 13.2 Å². The Morgan fingerprint density at radius 3 is 2.57 bits per heavy atom. The van der Waals surface area contributed by atoms with Gasteiger partial charge < -0.3 is 9.42 Å². The number of carbonyl (C=O) groups excluding carboxylic acids is 1. The lowest BCUT2D eigenvalue weighted by atomic mass is 9.92. The smallest absolute Gasteiger partial charge is 0.248 e. The van der Waals surface area contributed by atoms with Gasteiger partial charge in [-0.05, 0) is 63.7 Å². The van der Waals surface area contributed by atoms with Gasteiger partial charge in [0, 0.05) is 26.2 Å². The second-order valence-electron chi connectivity index (χ2n) is 10.1. The average molecular weight is 500 g/mol. The molecule has 35 heavy (non-hydrogen) atoms. The van der Waals surface area contributed by atoms with Gasteiger partial charge in [-0.3, -0.25) is 4.79 Å². The van der Waals surface area contributed by atoms with Crippen molar-refractivity contribution in [2.24, 2.45) is 5.92 Å². The van der Waals surface area contributed by atoms with Gasteiger partial charge >= 0.3 is 0 Å². The summed E-state index contributed by atoms with van der Waals surface area (Å²) in [4.78, 5) is 15.2. The first-order valence-corrected chi connectivity index (χ1v) is 14.1. The predicted molar refractivity (Wildman–Crippen MR) is 137 cm³/mol. The molecule has 1 aliphatic heterocycles. The van der Waals surface area contributed by atoms with Crippen LogP contribution in [0.1, 0.15) is 73.1 Å². The van der Waals surface area contributed by atoms with Crippen LogP contribution in [0, 0.1) is 26.7 Å². The summed E-state index contributed by atoms with van der Waals surface area (Å²) in [5, 5.41) is 3.97. The highest BCUT2D eigenvalue weighted by Crippen LogP contribution is 2.31. The maximum Gasteiger partial charge on any atom is 0.248 e. The van der Waals surface area contributed by atoms with E-state index in [1.165, 1.54) is 10.7 Å². The van der Waals surface area contributed by atoms with Gasteiger partial charge in [0.2, 0.25) is 15.9 Å². The molecule has 1 amide bonds. The second-order valence-corrected chi connectivity index (χ2v) is 12.0. The Morgan fingerprint density at radius 2 is 1.83 bits per heavy atom. The number of hydrogen-bond acceptors (Lipinski definition) is 5. The highest BCUT2D eigenvalue weighted by atomic mass is 32.2. The molecule has 4 rings (SSSR count). The molecule has 0 radical (unpaired) electrons. The van der Waals surface area contributed by atoms with Crippen LogP contribution in [-0.2, 0) is 14.8 Å². The van der Waals surface area contributed by atoms with E-state index in [1.54, 1.807) is 13.0 Å². The zero-order valence-electron chi connectivity index (χ0n) is 21.3. The fourth-order valence-corrected chi connectivity index (χ4v) is 7.11. The van der Waals surface area contributed by atoms with Crippen LogP contribution in [0.25, 0.3) is 12.2 Å². The van der Waals surface area contributed by atoms with E-state index in [0.29, 0.717) is 25.1 Å². The molecule has 1 aliphatic carbocycles. The van der Waals surface area contributed by atoms with Gasteiger partial charge in [0.1, 0.15) is 5.69 Å². The maximum atomic E-state index is 13.7. The van der Waals surface area contributed by atoms with E-state index < -0.39 is 10.0 Å². The van der Waals surface area contributed by atoms with Crippen LogP contribution >= 0.6 is 0 Å². The number of rotatable bonds is 6. The van der Waals surface area contributed by atoms with Gasteiger partial charge in [0.05, 0.1) is 5.92 Å². The van der Waals surface area contributed by atoms with Crippen molar-refractivity contribution in [3.05, 3.63) is 46.3 Å². The monoisotopic (exact) mass is 499 g/mol. The molecule has 7 nitrogen and oxygen atoms in total. The number of benzene rings is 1. The van der Waals surface area contributed by atoms with E-state index in [-0.39, 0.29) is 35.1 Å². The SMILES string of the molecule is Cc1ccc(C)c(/C=C/c2onc(C)c2S(=O)(=O)N2CCC[C@@H](C(=O)N(C)C3CCCCC3)C2)c1. The molecule has 1 saturated carbocycles. The van der Waals surface area contributed by atoms with Crippen LogP contribution in [0.2, 0.25) is 0 Å². The summed E-state index contributed by atoms with van der Waals surface area (Å²) in [6, 6.07) is 6.40. The lowest BCUT2D eigenvalue weighted by Crippen LogP contribution is -2.48. The van der Waals surface area contributed by atoms with Crippen molar-refractivity contribution >= 4 is 28.1 Å². The third kappa shape index (κ3) is 5.54. The van der Waals surface area contributed by atoms with E-state index in [4.69, 9.17) is 4.52 Å². The van der Waals surface area contributed by atoms with E-state index in [2.05, 4.69) is 5.16 Å². The third-order valence-corrected chi connectivity index (χ3v) is 9.51. The number of aryl methyl sites for hydroxylation is 3. The molecule has 1 atom stereocenters. The predicted octanol–water partition coefficient (Wildman–Crippen LogP) is 4.96. The van der Waals surface area contributed by atoms with Crippen molar-refractivity contribution in [2.75, 3.05) is 20.1 Å². The summed E-state index contributed by atoms with van der Waals surface area (Å²) in [6.07, 6.45) is 10.5. The van der Waals surface area contributed by atoms with Crippen molar-refractivity contribution in [2.45, 2.75) is 76.7 Å². The number of carbonyl (C=O) groups is 1. The zero-order valence-corrected chi connectivity index (χ0v) is 22.1. The minimum Gasteiger partial charge on any atom is -0.355 e. The summed E-state index contributed by atoms with van der Waals surface area (Å²) >= 11 is 0. The molecule has 2 heterocycles. The highest BCUT2D eigenvalue weighted by molar-refractivity contribution is 7.89. The Labute approximate surface area is 209 Å². The second kappa shape index (κ2) is 10.7. The molecular weight excluding hydrogens is 462 g/mol. The zero-order chi connectivity index (χ0) is 25.2. The van der Waals surface area contributed by atoms with Crippen molar-refractivity contribution in [1.29, 1.82) is 0 Å². The topological polar surface area (TPSA) is 83.7 Å². The number of sulfonamides is 1. The summed E-state index contributed by atoms with van der Waals surface area (Å²) < 4.78 is 34.3. The molecule has 1 aromatic heterocycles. The molecular formula is C27H37N3O4S. The Bertz CT molecular complexity index is 1200. The van der Waals surface area contributed by atoms with Crippen molar-refractivity contribution in [3.63, 3.8) is 0 Å². The molecule has 1 saturated heterocycles. The number of piperidine rings is 1. The van der Waals surface area contributed by atoms with E-state index in [0.717, 1.165) is 42.4 Å². The summed E-state index contributed by atoms with van der Waals surface area (Å²) in [5.41, 5.74) is 3.54.